The molecule has 3 heterocycles. The van der Waals surface area contributed by atoms with E-state index in [1.807, 2.05) is 55.8 Å². The molecule has 2 N–H and O–H groups in total. The smallest absolute Gasteiger partial charge is 0.410 e. The number of carboxylic acids is 1. The number of nitrogens with zero attached hydrogens (tertiary/aromatic N) is 4. The highest BCUT2D eigenvalue weighted by molar-refractivity contribution is 5.93. The molecule has 2 aromatic heterocycles. The Morgan fingerprint density at radius 3 is 2.48 bits per heavy atom. The summed E-state index contributed by atoms with van der Waals surface area (Å²) in [6, 6.07) is 9.66. The van der Waals surface area contributed by atoms with Gasteiger partial charge in [-0.3, -0.25) is 4.79 Å². The van der Waals surface area contributed by atoms with E-state index in [4.69, 9.17) is 24.3 Å². The number of methoxy groups -OCH3 is 1. The molecule has 42 heavy (non-hydrogen) atoms. The van der Waals surface area contributed by atoms with Gasteiger partial charge in [0.15, 0.2) is 11.5 Å². The van der Waals surface area contributed by atoms with Gasteiger partial charge in [0, 0.05) is 25.3 Å². The lowest BCUT2D eigenvalue weighted by Gasteiger charge is -2.34. The van der Waals surface area contributed by atoms with E-state index < -0.39 is 11.6 Å². The van der Waals surface area contributed by atoms with E-state index in [1.165, 1.54) is 0 Å². The monoisotopic (exact) mass is 579 g/mol. The molecule has 5 rings (SSSR count). The molecule has 0 spiro atoms. The molecule has 0 unspecified atom stereocenters. The Labute approximate surface area is 246 Å². The number of anilines is 1. The first-order chi connectivity index (χ1) is 20.1. The Balaban J connectivity index is 1.42. The summed E-state index contributed by atoms with van der Waals surface area (Å²) >= 11 is 0. The van der Waals surface area contributed by atoms with Gasteiger partial charge in [-0.05, 0) is 83.1 Å². The summed E-state index contributed by atoms with van der Waals surface area (Å²) in [5.74, 6) is 1.05. The molecule has 2 fully saturated rings. The summed E-state index contributed by atoms with van der Waals surface area (Å²) in [5, 5.41) is 18.7. The number of aliphatic carboxylic acids is 1. The normalized spacial score (nSPS) is 21.1. The van der Waals surface area contributed by atoms with Crippen LogP contribution in [0.5, 0.6) is 11.5 Å². The SMILES string of the molecule is COc1ccc(Cn2nc(N[C@@H]3CCCN(C(=O)OC(C)(C)C)C3)c3c(OC4CCC(C(=O)O)CC4)ccnc32)cc1. The number of piperidine rings is 1. The van der Waals surface area contributed by atoms with Crippen LogP contribution in [0, 0.1) is 5.92 Å². The minimum absolute atomic E-state index is 0.0298. The number of rotatable bonds is 8. The maximum atomic E-state index is 12.8. The molecule has 2 aliphatic rings. The zero-order chi connectivity index (χ0) is 29.9. The Hall–Kier alpha value is -4.02. The number of hydrogen-bond donors (Lipinski definition) is 2. The zero-order valence-electron chi connectivity index (χ0n) is 24.8. The van der Waals surface area contributed by atoms with E-state index in [9.17, 15) is 14.7 Å². The van der Waals surface area contributed by atoms with Crippen LogP contribution in [0.1, 0.15) is 64.9 Å². The number of amides is 1. The molecule has 0 bridgehead atoms. The van der Waals surface area contributed by atoms with E-state index in [2.05, 4.69) is 5.32 Å². The highest BCUT2D eigenvalue weighted by atomic mass is 16.6. The van der Waals surface area contributed by atoms with Gasteiger partial charge in [0.2, 0.25) is 0 Å². The van der Waals surface area contributed by atoms with E-state index in [1.54, 1.807) is 18.2 Å². The van der Waals surface area contributed by atoms with Crippen molar-refractivity contribution in [2.75, 3.05) is 25.5 Å². The van der Waals surface area contributed by atoms with Crippen LogP contribution in [0.3, 0.4) is 0 Å². The molecular formula is C31H41N5O6. The Kier molecular flexibility index (Phi) is 8.74. The van der Waals surface area contributed by atoms with Gasteiger partial charge in [-0.15, -0.1) is 0 Å². The number of carboxylic acid groups (broad SMARTS) is 1. The number of likely N-dealkylation sites (tertiary alicyclic amines) is 1. The molecule has 226 valence electrons. The largest absolute Gasteiger partial charge is 0.497 e. The lowest BCUT2D eigenvalue weighted by atomic mass is 9.87. The lowest BCUT2D eigenvalue weighted by Crippen LogP contribution is -2.47. The van der Waals surface area contributed by atoms with Crippen LogP contribution < -0.4 is 14.8 Å². The van der Waals surface area contributed by atoms with E-state index >= 15 is 0 Å². The minimum atomic E-state index is -0.737. The van der Waals surface area contributed by atoms with Crippen molar-refractivity contribution in [3.63, 3.8) is 0 Å². The van der Waals surface area contributed by atoms with Crippen molar-refractivity contribution < 1.29 is 28.9 Å². The summed E-state index contributed by atoms with van der Waals surface area (Å²) in [5.41, 5.74) is 1.17. The van der Waals surface area contributed by atoms with E-state index in [0.717, 1.165) is 29.5 Å². The third kappa shape index (κ3) is 7.06. The number of carbonyl (C=O) groups is 2. The Morgan fingerprint density at radius 2 is 1.81 bits per heavy atom. The van der Waals surface area contributed by atoms with Crippen molar-refractivity contribution in [1.29, 1.82) is 0 Å². The molecule has 0 radical (unpaired) electrons. The maximum Gasteiger partial charge on any atom is 0.410 e. The third-order valence-electron chi connectivity index (χ3n) is 7.82. The molecule has 11 heteroatoms. The van der Waals surface area contributed by atoms with Crippen LogP contribution in [0.15, 0.2) is 36.5 Å². The van der Waals surface area contributed by atoms with Crippen LogP contribution in [0.25, 0.3) is 11.0 Å². The van der Waals surface area contributed by atoms with Gasteiger partial charge in [0.05, 0.1) is 25.7 Å². The Morgan fingerprint density at radius 1 is 1.07 bits per heavy atom. The number of ether oxygens (including phenoxy) is 3. The summed E-state index contributed by atoms with van der Waals surface area (Å²) in [7, 11) is 1.64. The fourth-order valence-corrected chi connectivity index (χ4v) is 5.67. The van der Waals surface area contributed by atoms with Crippen molar-refractivity contribution in [2.24, 2.45) is 5.92 Å². The van der Waals surface area contributed by atoms with Crippen molar-refractivity contribution >= 4 is 28.9 Å². The Bertz CT molecular complexity index is 1390. The fraction of sp³-hybridized carbons (Fsp3) is 0.548. The number of benzene rings is 1. The van der Waals surface area contributed by atoms with Gasteiger partial charge in [-0.25, -0.2) is 14.5 Å². The quantitative estimate of drug-likeness (QED) is 0.364. The second kappa shape index (κ2) is 12.5. The van der Waals surface area contributed by atoms with E-state index in [0.29, 0.717) is 62.5 Å². The van der Waals surface area contributed by atoms with Gasteiger partial charge in [0.1, 0.15) is 22.5 Å². The fourth-order valence-electron chi connectivity index (χ4n) is 5.67. The number of pyridine rings is 1. The predicted octanol–water partition coefficient (Wildman–Crippen LogP) is 5.32. The average molecular weight is 580 g/mol. The number of fused-ring (bicyclic) bond motifs is 1. The topological polar surface area (TPSA) is 128 Å². The molecule has 1 atom stereocenters. The summed E-state index contributed by atoms with van der Waals surface area (Å²) in [6.45, 7) is 7.25. The second-order valence-electron chi connectivity index (χ2n) is 12.2. The van der Waals surface area contributed by atoms with Gasteiger partial charge >= 0.3 is 12.1 Å². The van der Waals surface area contributed by atoms with Crippen LogP contribution >= 0.6 is 0 Å². The first-order valence-corrected chi connectivity index (χ1v) is 14.7. The lowest BCUT2D eigenvalue weighted by molar-refractivity contribution is -0.143. The zero-order valence-corrected chi connectivity index (χ0v) is 24.8. The highest BCUT2D eigenvalue weighted by Crippen LogP contribution is 2.36. The maximum absolute atomic E-state index is 12.8. The number of hydrogen-bond acceptors (Lipinski definition) is 8. The van der Waals surface area contributed by atoms with Crippen molar-refractivity contribution in [1.82, 2.24) is 19.7 Å². The first kappa shape index (κ1) is 29.5. The summed E-state index contributed by atoms with van der Waals surface area (Å²) < 4.78 is 19.3. The molecule has 1 aliphatic heterocycles. The third-order valence-corrected chi connectivity index (χ3v) is 7.82. The molecular weight excluding hydrogens is 538 g/mol. The second-order valence-corrected chi connectivity index (χ2v) is 12.2. The molecule has 11 nitrogen and oxygen atoms in total. The van der Waals surface area contributed by atoms with Gasteiger partial charge < -0.3 is 29.5 Å². The number of carbonyl (C=O) groups excluding carboxylic acids is 1. The number of aromatic nitrogens is 3. The number of nitrogens with one attached hydrogen (secondary N) is 1. The average Bonchev–Trinajstić information content (AvgIpc) is 3.30. The molecule has 1 aromatic carbocycles. The van der Waals surface area contributed by atoms with E-state index in [-0.39, 0.29) is 24.2 Å². The van der Waals surface area contributed by atoms with Gasteiger partial charge in [0.25, 0.3) is 0 Å². The predicted molar refractivity (Wildman–Crippen MR) is 158 cm³/mol. The van der Waals surface area contributed by atoms with Gasteiger partial charge in [-0.1, -0.05) is 12.1 Å². The van der Waals surface area contributed by atoms with Gasteiger partial charge in [-0.2, -0.15) is 5.10 Å². The van der Waals surface area contributed by atoms with Crippen molar-refractivity contribution in [3.05, 3.63) is 42.1 Å². The van der Waals surface area contributed by atoms with Crippen LogP contribution in [0.2, 0.25) is 0 Å². The summed E-state index contributed by atoms with van der Waals surface area (Å²) in [4.78, 5) is 30.7. The minimum Gasteiger partial charge on any atom is -0.497 e. The van der Waals surface area contributed by atoms with Crippen LogP contribution in [0.4, 0.5) is 10.6 Å². The molecule has 1 saturated carbocycles. The molecule has 3 aromatic rings. The van der Waals surface area contributed by atoms with Crippen molar-refractivity contribution in [2.45, 2.75) is 83.6 Å². The summed E-state index contributed by atoms with van der Waals surface area (Å²) in [6.07, 6.45) is 5.59. The highest BCUT2D eigenvalue weighted by Gasteiger charge is 2.31. The van der Waals surface area contributed by atoms with Crippen molar-refractivity contribution in [3.8, 4) is 11.5 Å². The first-order valence-electron chi connectivity index (χ1n) is 14.7. The van der Waals surface area contributed by atoms with Crippen LogP contribution in [-0.4, -0.2) is 74.8 Å². The molecule has 1 amide bonds. The molecule has 1 saturated heterocycles. The standard InChI is InChI=1S/C31H41N5O6/c1-31(2,3)42-30(39)35-17-5-6-22(19-35)33-27-26-25(41-24-13-9-21(10-14-24)29(37)38)15-16-32-28(26)36(34-27)18-20-7-11-23(40-4)12-8-20/h7-8,11-12,15-16,21-22,24H,5-6,9-10,13-14,17-19H2,1-4H3,(H,33,34)(H,37,38)/t21?,22-,24?/m1/s1. The molecule has 1 aliphatic carbocycles. The van der Waals surface area contributed by atoms with Crippen LogP contribution in [-0.2, 0) is 16.1 Å².